The SMILES string of the molecule is CCCC(C)C(O)C(=O)CCC(=O)OCc1ccccc1.CCCC(C)C(O)C(=O)O. The van der Waals surface area contributed by atoms with Crippen LogP contribution in [-0.4, -0.2) is 45.2 Å². The van der Waals surface area contributed by atoms with Crippen molar-refractivity contribution in [1.29, 1.82) is 0 Å². The number of hydrogen-bond acceptors (Lipinski definition) is 6. The summed E-state index contributed by atoms with van der Waals surface area (Å²) >= 11 is 0. The smallest absolute Gasteiger partial charge is 0.332 e. The molecule has 0 saturated carbocycles. The van der Waals surface area contributed by atoms with Gasteiger partial charge in [-0.2, -0.15) is 0 Å². The van der Waals surface area contributed by atoms with Crippen molar-refractivity contribution in [2.45, 2.75) is 85.0 Å². The Kier molecular flexibility index (Phi) is 15.3. The monoisotopic (exact) mass is 438 g/mol. The van der Waals surface area contributed by atoms with Gasteiger partial charge in [0, 0.05) is 6.42 Å². The lowest BCUT2D eigenvalue weighted by Crippen LogP contribution is -2.28. The zero-order valence-electron chi connectivity index (χ0n) is 19.1. The molecular weight excluding hydrogens is 400 g/mol. The Labute approximate surface area is 185 Å². The predicted octanol–water partition coefficient (Wildman–Crippen LogP) is 3.74. The molecule has 0 aromatic heterocycles. The van der Waals surface area contributed by atoms with Gasteiger partial charge in [-0.05, 0) is 30.2 Å². The van der Waals surface area contributed by atoms with Crippen molar-refractivity contribution in [1.82, 2.24) is 0 Å². The van der Waals surface area contributed by atoms with Gasteiger partial charge in [0.2, 0.25) is 0 Å². The lowest BCUT2D eigenvalue weighted by Gasteiger charge is -2.16. The number of carboxylic acids is 1. The van der Waals surface area contributed by atoms with Gasteiger partial charge in [-0.1, -0.05) is 70.9 Å². The van der Waals surface area contributed by atoms with E-state index in [0.717, 1.165) is 31.2 Å². The molecule has 3 N–H and O–H groups in total. The van der Waals surface area contributed by atoms with Crippen LogP contribution in [0, 0.1) is 11.8 Å². The van der Waals surface area contributed by atoms with Gasteiger partial charge in [-0.25, -0.2) is 4.79 Å². The molecule has 1 rings (SSSR count). The summed E-state index contributed by atoms with van der Waals surface area (Å²) in [5, 5.41) is 27.1. The maximum atomic E-state index is 11.8. The van der Waals surface area contributed by atoms with Crippen molar-refractivity contribution in [3.8, 4) is 0 Å². The van der Waals surface area contributed by atoms with E-state index in [2.05, 4.69) is 0 Å². The average molecular weight is 439 g/mol. The first-order chi connectivity index (χ1) is 14.6. The van der Waals surface area contributed by atoms with Crippen molar-refractivity contribution in [3.63, 3.8) is 0 Å². The van der Waals surface area contributed by atoms with E-state index in [4.69, 9.17) is 14.9 Å². The molecular formula is C24H38O7. The number of aliphatic hydroxyl groups excluding tert-OH is 2. The Hall–Kier alpha value is -2.25. The van der Waals surface area contributed by atoms with Crippen molar-refractivity contribution in [2.75, 3.05) is 0 Å². The molecule has 0 fully saturated rings. The Morgan fingerprint density at radius 2 is 1.39 bits per heavy atom. The first-order valence-corrected chi connectivity index (χ1v) is 10.9. The lowest BCUT2D eigenvalue weighted by atomic mass is 9.94. The summed E-state index contributed by atoms with van der Waals surface area (Å²) in [4.78, 5) is 33.5. The number of rotatable bonds is 13. The Bertz CT molecular complexity index is 645. The number of benzene rings is 1. The van der Waals surface area contributed by atoms with Gasteiger partial charge in [0.05, 0.1) is 6.42 Å². The van der Waals surface area contributed by atoms with Crippen molar-refractivity contribution >= 4 is 17.7 Å². The molecule has 7 nitrogen and oxygen atoms in total. The van der Waals surface area contributed by atoms with Gasteiger partial charge in [0.15, 0.2) is 11.9 Å². The van der Waals surface area contributed by atoms with Crippen LogP contribution in [0.5, 0.6) is 0 Å². The highest BCUT2D eigenvalue weighted by atomic mass is 16.5. The highest BCUT2D eigenvalue weighted by Gasteiger charge is 2.22. The van der Waals surface area contributed by atoms with E-state index in [9.17, 15) is 19.5 Å². The normalized spacial score (nSPS) is 14.4. The number of carboxylic acid groups (broad SMARTS) is 1. The van der Waals surface area contributed by atoms with Crippen LogP contribution in [-0.2, 0) is 25.7 Å². The zero-order valence-corrected chi connectivity index (χ0v) is 19.1. The van der Waals surface area contributed by atoms with E-state index in [1.165, 1.54) is 0 Å². The molecule has 7 heteroatoms. The van der Waals surface area contributed by atoms with Gasteiger partial charge in [-0.15, -0.1) is 0 Å². The van der Waals surface area contributed by atoms with Crippen LogP contribution in [0.3, 0.4) is 0 Å². The molecule has 0 amide bonds. The van der Waals surface area contributed by atoms with Crippen molar-refractivity contribution in [3.05, 3.63) is 35.9 Å². The molecule has 4 unspecified atom stereocenters. The second-order valence-electron chi connectivity index (χ2n) is 7.87. The number of ketones is 1. The molecule has 0 aliphatic carbocycles. The van der Waals surface area contributed by atoms with Crippen molar-refractivity contribution < 1.29 is 34.4 Å². The lowest BCUT2D eigenvalue weighted by molar-refractivity contribution is -0.149. The standard InChI is InChI=1S/C17H24O4.C7H14O3/c1-3-7-13(2)17(20)15(18)10-11-16(19)21-12-14-8-5-4-6-9-14;1-3-4-5(2)6(8)7(9)10/h4-6,8-9,13,17,20H,3,7,10-12H2,1-2H3;5-6,8H,3-4H2,1-2H3,(H,9,10). The molecule has 1 aromatic rings. The van der Waals surface area contributed by atoms with Gasteiger partial charge >= 0.3 is 11.9 Å². The fourth-order valence-electron chi connectivity index (χ4n) is 2.97. The molecule has 0 radical (unpaired) electrons. The number of Topliss-reactive ketones (excluding diaryl/α,β-unsaturated/α-hetero) is 1. The predicted molar refractivity (Wildman–Crippen MR) is 118 cm³/mol. The third-order valence-corrected chi connectivity index (χ3v) is 4.97. The van der Waals surface area contributed by atoms with Crippen LogP contribution < -0.4 is 0 Å². The highest BCUT2D eigenvalue weighted by molar-refractivity contribution is 5.86. The minimum atomic E-state index is -1.19. The zero-order chi connectivity index (χ0) is 23.8. The largest absolute Gasteiger partial charge is 0.479 e. The van der Waals surface area contributed by atoms with E-state index in [1.54, 1.807) is 6.92 Å². The number of carbonyl (C=O) groups excluding carboxylic acids is 2. The molecule has 0 aliphatic rings. The minimum Gasteiger partial charge on any atom is -0.479 e. The first kappa shape index (κ1) is 28.8. The summed E-state index contributed by atoms with van der Waals surface area (Å²) in [7, 11) is 0. The third kappa shape index (κ3) is 12.9. The molecule has 176 valence electrons. The van der Waals surface area contributed by atoms with Crippen LogP contribution in [0.25, 0.3) is 0 Å². The van der Waals surface area contributed by atoms with Gasteiger partial charge in [-0.3, -0.25) is 9.59 Å². The minimum absolute atomic E-state index is 0.0154. The second kappa shape index (κ2) is 16.4. The maximum Gasteiger partial charge on any atom is 0.332 e. The molecule has 1 aromatic carbocycles. The highest BCUT2D eigenvalue weighted by Crippen LogP contribution is 2.14. The number of ether oxygens (including phenoxy) is 1. The van der Waals surface area contributed by atoms with Gasteiger partial charge < -0.3 is 20.1 Å². The number of aliphatic carboxylic acids is 1. The first-order valence-electron chi connectivity index (χ1n) is 10.9. The Morgan fingerprint density at radius 3 is 1.87 bits per heavy atom. The van der Waals surface area contributed by atoms with Crippen LogP contribution in [0.1, 0.15) is 71.8 Å². The van der Waals surface area contributed by atoms with Crippen LogP contribution >= 0.6 is 0 Å². The summed E-state index contributed by atoms with van der Waals surface area (Å²) in [5.41, 5.74) is 0.911. The van der Waals surface area contributed by atoms with Crippen molar-refractivity contribution in [2.24, 2.45) is 11.8 Å². The van der Waals surface area contributed by atoms with E-state index in [0.29, 0.717) is 0 Å². The molecule has 0 heterocycles. The molecule has 31 heavy (non-hydrogen) atoms. The van der Waals surface area contributed by atoms with Crippen LogP contribution in [0.15, 0.2) is 30.3 Å². The third-order valence-electron chi connectivity index (χ3n) is 4.97. The number of hydrogen-bond donors (Lipinski definition) is 3. The summed E-state index contributed by atoms with van der Waals surface area (Å²) in [6.07, 6.45) is 1.26. The van der Waals surface area contributed by atoms with Crippen LogP contribution in [0.4, 0.5) is 0 Å². The van der Waals surface area contributed by atoms with E-state index >= 15 is 0 Å². The Balaban J connectivity index is 0.000000759. The summed E-state index contributed by atoms with van der Waals surface area (Å²) in [6.45, 7) is 7.77. The molecule has 0 bridgehead atoms. The van der Waals surface area contributed by atoms with E-state index < -0.39 is 24.1 Å². The van der Waals surface area contributed by atoms with Gasteiger partial charge in [0.25, 0.3) is 0 Å². The summed E-state index contributed by atoms with van der Waals surface area (Å²) < 4.78 is 5.09. The maximum absolute atomic E-state index is 11.8. The van der Waals surface area contributed by atoms with Crippen LogP contribution in [0.2, 0.25) is 0 Å². The molecule has 0 saturated heterocycles. The summed E-state index contributed by atoms with van der Waals surface area (Å²) in [6, 6.07) is 9.38. The number of aliphatic hydroxyl groups is 2. The molecule has 0 spiro atoms. The van der Waals surface area contributed by atoms with E-state index in [-0.39, 0.29) is 37.1 Å². The topological polar surface area (TPSA) is 121 Å². The molecule has 4 atom stereocenters. The Morgan fingerprint density at radius 1 is 0.871 bits per heavy atom. The summed E-state index contributed by atoms with van der Waals surface area (Å²) in [5.74, 6) is -2.03. The van der Waals surface area contributed by atoms with E-state index in [1.807, 2.05) is 51.1 Å². The molecule has 0 aliphatic heterocycles. The average Bonchev–Trinajstić information content (AvgIpc) is 2.76. The number of carbonyl (C=O) groups is 3. The quantitative estimate of drug-likeness (QED) is 0.401. The van der Waals surface area contributed by atoms with Gasteiger partial charge in [0.1, 0.15) is 12.7 Å². The number of esters is 1. The fraction of sp³-hybridized carbons (Fsp3) is 0.625. The second-order valence-corrected chi connectivity index (χ2v) is 7.87. The fourth-order valence-corrected chi connectivity index (χ4v) is 2.97.